The largest absolute Gasteiger partial charge is 0.453 e. The molecule has 2 aliphatic heterocycles. The van der Waals surface area contributed by atoms with Crippen LogP contribution in [-0.4, -0.2) is 85.5 Å². The molecule has 12 heteroatoms. The van der Waals surface area contributed by atoms with E-state index in [0.29, 0.717) is 38.9 Å². The molecule has 0 saturated carbocycles. The topological polar surface area (TPSA) is 145 Å². The molecule has 0 aromatic heterocycles. The standard InChI is InChI=1S/C53H64N4O7S/c1-38(64-39(2)58)51(60)55-33-32-54-37-42(59)23-11-10-18-34-56-45-30-28-40-21-14-16-24-43(40)49(45)52(3,4)47(56)26-12-8-7-9-13-27-48-53(5,6)50-44-25-17-15-22-41(44)29-31-46(50)57(48)35-19-20-36-65(61,62)63/h7-9,12-17,21-22,24-31,38,54H,10-11,18-20,23,32-37H2,1-6H3,(H-,55,60,61,62,63)/p+1. The molecule has 11 nitrogen and oxygen atoms in total. The van der Waals surface area contributed by atoms with E-state index in [-0.39, 0.29) is 34.8 Å². The highest BCUT2D eigenvalue weighted by atomic mass is 32.2. The molecule has 0 bridgehead atoms. The molecule has 3 N–H and O–H groups in total. The van der Waals surface area contributed by atoms with Crippen LogP contribution in [0, 0.1) is 0 Å². The van der Waals surface area contributed by atoms with Gasteiger partial charge in [0, 0.05) is 73.9 Å². The van der Waals surface area contributed by atoms with Gasteiger partial charge in [0.2, 0.25) is 5.69 Å². The lowest BCUT2D eigenvalue weighted by molar-refractivity contribution is -0.438. The quantitative estimate of drug-likeness (QED) is 0.0231. The average molecular weight is 902 g/mol. The van der Waals surface area contributed by atoms with Crippen LogP contribution in [0.5, 0.6) is 0 Å². The number of amides is 1. The summed E-state index contributed by atoms with van der Waals surface area (Å²) in [6.07, 6.45) is 17.9. The first kappa shape index (κ1) is 48.8. The Balaban J connectivity index is 1.11. The number of Topliss-reactive ketones (excluding diaryl/α,β-unsaturated/α-hetero) is 1. The fourth-order valence-corrected chi connectivity index (χ4v) is 9.97. The molecule has 4 aromatic carbocycles. The molecule has 344 valence electrons. The predicted molar refractivity (Wildman–Crippen MR) is 263 cm³/mol. The van der Waals surface area contributed by atoms with E-state index in [1.807, 2.05) is 12.2 Å². The second kappa shape index (κ2) is 21.5. The molecule has 0 spiro atoms. The van der Waals surface area contributed by atoms with E-state index in [9.17, 15) is 27.4 Å². The number of nitrogens with zero attached hydrogens (tertiary/aromatic N) is 2. The molecule has 0 fully saturated rings. The molecule has 0 radical (unpaired) electrons. The van der Waals surface area contributed by atoms with E-state index in [4.69, 9.17) is 4.74 Å². The summed E-state index contributed by atoms with van der Waals surface area (Å²) < 4.78 is 39.6. The van der Waals surface area contributed by atoms with E-state index >= 15 is 0 Å². The van der Waals surface area contributed by atoms with Crippen LogP contribution in [0.3, 0.4) is 0 Å². The molecule has 4 aromatic rings. The Hall–Kier alpha value is -5.69. The number of ether oxygens (including phenoxy) is 1. The molecule has 6 rings (SSSR count). The minimum atomic E-state index is -4.02. The van der Waals surface area contributed by atoms with Crippen molar-refractivity contribution in [1.82, 2.24) is 10.6 Å². The van der Waals surface area contributed by atoms with Crippen molar-refractivity contribution < 1.29 is 36.7 Å². The Kier molecular flexibility index (Phi) is 16.2. The Bertz CT molecular complexity index is 2670. The maximum absolute atomic E-state index is 12.6. The Morgan fingerprint density at radius 1 is 0.785 bits per heavy atom. The number of hydrogen-bond donors (Lipinski definition) is 3. The summed E-state index contributed by atoms with van der Waals surface area (Å²) in [5.74, 6) is -0.998. The van der Waals surface area contributed by atoms with Gasteiger partial charge in [-0.3, -0.25) is 18.9 Å². The van der Waals surface area contributed by atoms with Gasteiger partial charge in [0.05, 0.1) is 17.7 Å². The van der Waals surface area contributed by atoms with Crippen LogP contribution in [0.25, 0.3) is 21.5 Å². The number of benzene rings is 4. The first-order valence-electron chi connectivity index (χ1n) is 22.8. The van der Waals surface area contributed by atoms with Gasteiger partial charge in [-0.2, -0.15) is 13.0 Å². The number of carbonyl (C=O) groups is 3. The predicted octanol–water partition coefficient (Wildman–Crippen LogP) is 9.17. The monoisotopic (exact) mass is 901 g/mol. The van der Waals surface area contributed by atoms with E-state index < -0.39 is 22.2 Å². The van der Waals surface area contributed by atoms with Crippen LogP contribution < -0.4 is 15.5 Å². The van der Waals surface area contributed by atoms with Gasteiger partial charge >= 0.3 is 5.97 Å². The summed E-state index contributed by atoms with van der Waals surface area (Å²) in [5.41, 5.74) is 6.71. The second-order valence-corrected chi connectivity index (χ2v) is 19.6. The summed E-state index contributed by atoms with van der Waals surface area (Å²) in [7, 11) is -4.02. The molecule has 65 heavy (non-hydrogen) atoms. The Morgan fingerprint density at radius 2 is 1.45 bits per heavy atom. The zero-order valence-corrected chi connectivity index (χ0v) is 39.5. The molecule has 0 saturated heterocycles. The van der Waals surface area contributed by atoms with E-state index in [1.54, 1.807) is 0 Å². The number of hydrogen-bond acceptors (Lipinski definition) is 8. The average Bonchev–Trinajstić information content (AvgIpc) is 3.61. The van der Waals surface area contributed by atoms with Crippen LogP contribution in [0.4, 0.5) is 11.4 Å². The number of unbranched alkanes of at least 4 members (excludes halogenated alkanes) is 3. The van der Waals surface area contributed by atoms with Gasteiger partial charge in [-0.25, -0.2) is 0 Å². The van der Waals surface area contributed by atoms with Crippen molar-refractivity contribution in [2.75, 3.05) is 43.4 Å². The summed E-state index contributed by atoms with van der Waals surface area (Å²) in [6, 6.07) is 25.7. The molecule has 1 unspecified atom stereocenters. The first-order valence-corrected chi connectivity index (χ1v) is 24.4. The summed E-state index contributed by atoms with van der Waals surface area (Å²) in [4.78, 5) is 38.0. The maximum Gasteiger partial charge on any atom is 0.303 e. The van der Waals surface area contributed by atoms with Crippen molar-refractivity contribution >= 4 is 66.4 Å². The highest BCUT2D eigenvalue weighted by molar-refractivity contribution is 7.85. The first-order chi connectivity index (χ1) is 31.0. The number of nitrogens with one attached hydrogen (secondary N) is 2. The van der Waals surface area contributed by atoms with Crippen molar-refractivity contribution in [1.29, 1.82) is 0 Å². The van der Waals surface area contributed by atoms with Crippen molar-refractivity contribution in [2.45, 2.75) is 97.0 Å². The number of ketones is 1. The SMILES string of the molecule is CC(=O)OC(C)C(=O)NCCNCC(=O)CCCCC[N+]1=C(C=CC=CC=CC=C2N(CCCCS(=O)(=O)O)c3ccc4ccccc4c3C2(C)C)C(C)(C)c2c1ccc1ccccc21. The van der Waals surface area contributed by atoms with Gasteiger partial charge in [-0.15, -0.1) is 0 Å². The highest BCUT2D eigenvalue weighted by Crippen LogP contribution is 2.51. The number of carbonyl (C=O) groups excluding carboxylic acids is 3. The van der Waals surface area contributed by atoms with Crippen LogP contribution >= 0.6 is 0 Å². The lowest BCUT2D eigenvalue weighted by Gasteiger charge is -2.27. The number of allylic oxidation sites excluding steroid dienone is 8. The number of fused-ring (bicyclic) bond motifs is 6. The lowest BCUT2D eigenvalue weighted by atomic mass is 9.79. The fourth-order valence-electron chi connectivity index (χ4n) is 9.40. The van der Waals surface area contributed by atoms with Gasteiger partial charge in [0.25, 0.3) is 16.0 Å². The van der Waals surface area contributed by atoms with Crippen LogP contribution in [-0.2, 0) is 40.1 Å². The third-order valence-corrected chi connectivity index (χ3v) is 13.3. The third-order valence-electron chi connectivity index (χ3n) is 12.5. The number of anilines is 1. The summed E-state index contributed by atoms with van der Waals surface area (Å²) in [5, 5.41) is 10.6. The minimum Gasteiger partial charge on any atom is -0.453 e. The summed E-state index contributed by atoms with van der Waals surface area (Å²) in [6.45, 7) is 14.3. The van der Waals surface area contributed by atoms with Crippen molar-refractivity contribution in [3.8, 4) is 0 Å². The minimum absolute atomic E-state index is 0.132. The fraction of sp³-hybridized carbons (Fsp3) is 0.396. The molecule has 2 heterocycles. The lowest BCUT2D eigenvalue weighted by Crippen LogP contribution is -2.39. The van der Waals surface area contributed by atoms with Gasteiger partial charge < -0.3 is 20.3 Å². The Morgan fingerprint density at radius 3 is 2.15 bits per heavy atom. The Labute approximate surface area is 384 Å². The maximum atomic E-state index is 12.6. The van der Waals surface area contributed by atoms with E-state index in [1.165, 1.54) is 57.9 Å². The zero-order chi connectivity index (χ0) is 46.8. The van der Waals surface area contributed by atoms with Crippen LogP contribution in [0.15, 0.2) is 121 Å². The van der Waals surface area contributed by atoms with Crippen molar-refractivity contribution in [3.63, 3.8) is 0 Å². The van der Waals surface area contributed by atoms with E-state index in [2.05, 4.69) is 151 Å². The molecule has 1 amide bonds. The number of esters is 1. The highest BCUT2D eigenvalue weighted by Gasteiger charge is 2.45. The van der Waals surface area contributed by atoms with Crippen LogP contribution in [0.1, 0.15) is 91.2 Å². The number of rotatable bonds is 22. The van der Waals surface area contributed by atoms with Gasteiger partial charge in [-0.05, 0) is 91.8 Å². The van der Waals surface area contributed by atoms with Crippen molar-refractivity contribution in [3.05, 3.63) is 132 Å². The molecule has 2 aliphatic rings. The molecular formula is C53H65N4O7S+. The van der Waals surface area contributed by atoms with Gasteiger partial charge in [0.1, 0.15) is 12.3 Å². The third kappa shape index (κ3) is 12.0. The summed E-state index contributed by atoms with van der Waals surface area (Å²) >= 11 is 0. The van der Waals surface area contributed by atoms with Gasteiger partial charge in [0.15, 0.2) is 11.8 Å². The van der Waals surface area contributed by atoms with Crippen molar-refractivity contribution in [2.24, 2.45) is 0 Å². The zero-order valence-electron chi connectivity index (χ0n) is 38.7. The van der Waals surface area contributed by atoms with Gasteiger partial charge in [-0.1, -0.05) is 98.8 Å². The molecular weight excluding hydrogens is 837 g/mol. The molecule has 0 aliphatic carbocycles. The molecule has 1 atom stereocenters. The smallest absolute Gasteiger partial charge is 0.303 e. The normalized spacial score (nSPS) is 16.7. The second-order valence-electron chi connectivity index (χ2n) is 18.0. The van der Waals surface area contributed by atoms with E-state index in [0.717, 1.165) is 37.2 Å². The van der Waals surface area contributed by atoms with Crippen LogP contribution in [0.2, 0.25) is 0 Å².